The normalized spacial score (nSPS) is 22.3. The Balaban J connectivity index is 1.08. The second kappa shape index (κ2) is 11.3. The molecule has 2 saturated heterocycles. The van der Waals surface area contributed by atoms with Crippen LogP contribution in [0.4, 0.5) is 11.5 Å². The summed E-state index contributed by atoms with van der Waals surface area (Å²) in [7, 11) is -1.31. The first-order chi connectivity index (χ1) is 21.2. The lowest BCUT2D eigenvalue weighted by Crippen LogP contribution is -2.48. The minimum absolute atomic E-state index is 0.202. The second-order valence-electron chi connectivity index (χ2n) is 12.5. The molecule has 0 aliphatic carbocycles. The molecule has 44 heavy (non-hydrogen) atoms. The zero-order valence-electron chi connectivity index (χ0n) is 25.2. The summed E-state index contributed by atoms with van der Waals surface area (Å²) >= 11 is 0. The molecule has 3 N–H and O–H groups in total. The Morgan fingerprint density at radius 2 is 1.75 bits per heavy atom. The van der Waals surface area contributed by atoms with Crippen LogP contribution in [0.15, 0.2) is 79.3 Å². The Kier molecular flexibility index (Phi) is 7.40. The molecule has 4 heterocycles. The molecule has 0 radical (unpaired) electrons. The third-order valence-corrected chi connectivity index (χ3v) is 11.5. The van der Waals surface area contributed by atoms with E-state index in [1.54, 1.807) is 26.4 Å². The van der Waals surface area contributed by atoms with Gasteiger partial charge in [-0.3, -0.25) is 4.90 Å². The van der Waals surface area contributed by atoms with Crippen molar-refractivity contribution in [1.29, 1.82) is 0 Å². The standard InChI is InChI=1S/C34H38N6O3S/c1-21(2)44(42,43)40-13-12-25-14-26(9-11-31(25)40)38-34-29-15-24(8-10-30(29)36-20-37-34)23-6-4-22(5-7-23)19-35-27-16-28-18-33(41)32(17-27)39(28)3/h4-15,20-21,27-28,32-33,35,41H,16-19H2,1-3H3,(H,36,37,38). The Morgan fingerprint density at radius 3 is 2.52 bits per heavy atom. The lowest BCUT2D eigenvalue weighted by Gasteiger charge is -2.37. The fourth-order valence-electron chi connectivity index (χ4n) is 6.81. The van der Waals surface area contributed by atoms with Gasteiger partial charge < -0.3 is 15.7 Å². The van der Waals surface area contributed by atoms with Crippen LogP contribution in [0, 0.1) is 0 Å². The largest absolute Gasteiger partial charge is 0.391 e. The number of likely N-dealkylation sites (N-methyl/N-ethyl adjacent to an activating group) is 1. The van der Waals surface area contributed by atoms with Crippen molar-refractivity contribution in [1.82, 2.24) is 24.2 Å². The van der Waals surface area contributed by atoms with Gasteiger partial charge in [-0.25, -0.2) is 22.4 Å². The zero-order chi connectivity index (χ0) is 30.6. The highest BCUT2D eigenvalue weighted by Gasteiger charge is 2.43. The number of aliphatic hydroxyl groups is 1. The number of hydrogen-bond acceptors (Lipinski definition) is 8. The highest BCUT2D eigenvalue weighted by atomic mass is 32.2. The quantitative estimate of drug-likeness (QED) is 0.218. The summed E-state index contributed by atoms with van der Waals surface area (Å²) in [6.45, 7) is 4.18. The molecule has 2 aliphatic heterocycles. The Labute approximate surface area is 258 Å². The summed E-state index contributed by atoms with van der Waals surface area (Å²) < 4.78 is 26.9. The number of aromatic nitrogens is 3. The van der Waals surface area contributed by atoms with Gasteiger partial charge in [0, 0.05) is 47.3 Å². The number of nitrogens with zero attached hydrogens (tertiary/aromatic N) is 4. The van der Waals surface area contributed by atoms with E-state index in [-0.39, 0.29) is 12.1 Å². The average Bonchev–Trinajstić information content (AvgIpc) is 3.50. The summed E-state index contributed by atoms with van der Waals surface area (Å²) in [6, 6.07) is 23.5. The molecule has 10 heteroatoms. The average molecular weight is 611 g/mol. The summed E-state index contributed by atoms with van der Waals surface area (Å²) in [5.74, 6) is 0.684. The van der Waals surface area contributed by atoms with E-state index < -0.39 is 15.3 Å². The van der Waals surface area contributed by atoms with E-state index in [1.165, 1.54) is 9.54 Å². The van der Waals surface area contributed by atoms with Gasteiger partial charge in [-0.05, 0) is 93.2 Å². The lowest BCUT2D eigenvalue weighted by molar-refractivity contribution is 0.0889. The Hall–Kier alpha value is -3.83. The highest BCUT2D eigenvalue weighted by molar-refractivity contribution is 7.90. The molecule has 4 unspecified atom stereocenters. The number of fused-ring (bicyclic) bond motifs is 4. The van der Waals surface area contributed by atoms with Gasteiger partial charge >= 0.3 is 0 Å². The van der Waals surface area contributed by atoms with E-state index in [0.717, 1.165) is 58.9 Å². The topological polar surface area (TPSA) is 112 Å². The molecule has 3 aromatic carbocycles. The minimum Gasteiger partial charge on any atom is -0.391 e. The molecule has 0 spiro atoms. The fraction of sp³-hybridized carbons (Fsp3) is 0.353. The van der Waals surface area contributed by atoms with Gasteiger partial charge in [0.1, 0.15) is 12.1 Å². The maximum atomic E-state index is 12.8. The lowest BCUT2D eigenvalue weighted by atomic mass is 9.97. The third-order valence-electron chi connectivity index (χ3n) is 9.44. The van der Waals surface area contributed by atoms with Crippen molar-refractivity contribution in [3.05, 3.63) is 84.8 Å². The van der Waals surface area contributed by atoms with Gasteiger partial charge in [-0.2, -0.15) is 0 Å². The maximum Gasteiger partial charge on any atom is 0.241 e. The molecule has 9 nitrogen and oxygen atoms in total. The number of anilines is 2. The number of rotatable bonds is 8. The van der Waals surface area contributed by atoms with Crippen LogP contribution in [-0.4, -0.2) is 68.9 Å². The van der Waals surface area contributed by atoms with Crippen molar-refractivity contribution in [3.8, 4) is 11.1 Å². The summed E-state index contributed by atoms with van der Waals surface area (Å²) in [5, 5.41) is 18.7. The first-order valence-corrected chi connectivity index (χ1v) is 16.8. The molecule has 2 aliphatic rings. The van der Waals surface area contributed by atoms with E-state index in [2.05, 4.69) is 68.9 Å². The van der Waals surface area contributed by atoms with Crippen LogP contribution in [0.25, 0.3) is 32.9 Å². The van der Waals surface area contributed by atoms with E-state index >= 15 is 0 Å². The zero-order valence-corrected chi connectivity index (χ0v) is 26.0. The summed E-state index contributed by atoms with van der Waals surface area (Å²) in [4.78, 5) is 11.4. The molecule has 228 valence electrons. The van der Waals surface area contributed by atoms with E-state index in [1.807, 2.05) is 30.3 Å². The van der Waals surface area contributed by atoms with Crippen molar-refractivity contribution >= 4 is 43.3 Å². The van der Waals surface area contributed by atoms with Crippen LogP contribution >= 0.6 is 0 Å². The van der Waals surface area contributed by atoms with Gasteiger partial charge in [0.15, 0.2) is 0 Å². The Bertz CT molecular complexity index is 1940. The Morgan fingerprint density at radius 1 is 0.955 bits per heavy atom. The molecular formula is C34H38N6O3S. The molecule has 7 rings (SSSR count). The van der Waals surface area contributed by atoms with Crippen LogP contribution in [0.2, 0.25) is 0 Å². The van der Waals surface area contributed by atoms with Crippen molar-refractivity contribution in [2.75, 3.05) is 12.4 Å². The van der Waals surface area contributed by atoms with Gasteiger partial charge in [0.05, 0.1) is 22.4 Å². The first kappa shape index (κ1) is 28.9. The van der Waals surface area contributed by atoms with Crippen molar-refractivity contribution in [2.24, 2.45) is 0 Å². The van der Waals surface area contributed by atoms with Gasteiger partial charge in [0.25, 0.3) is 0 Å². The predicted molar refractivity (Wildman–Crippen MR) is 175 cm³/mol. The molecule has 2 bridgehead atoms. The van der Waals surface area contributed by atoms with Gasteiger partial charge in [-0.15, -0.1) is 0 Å². The van der Waals surface area contributed by atoms with E-state index in [9.17, 15) is 13.5 Å². The SMILES string of the molecule is CC(C)S(=O)(=O)n1ccc2cc(Nc3ncnc4ccc(-c5ccc(CNC6CC7CC(O)C(C6)N7C)cc5)cc34)ccc21. The van der Waals surface area contributed by atoms with Crippen LogP contribution in [0.1, 0.15) is 38.7 Å². The molecule has 0 saturated carbocycles. The first-order valence-electron chi connectivity index (χ1n) is 15.3. The van der Waals surface area contributed by atoms with Crippen LogP contribution < -0.4 is 10.6 Å². The number of aliphatic hydroxyl groups excluding tert-OH is 1. The summed E-state index contributed by atoms with van der Waals surface area (Å²) in [6.07, 6.45) is 5.91. The van der Waals surface area contributed by atoms with Crippen LogP contribution in [0.5, 0.6) is 0 Å². The van der Waals surface area contributed by atoms with Crippen LogP contribution in [0.3, 0.4) is 0 Å². The minimum atomic E-state index is -3.45. The molecule has 4 atom stereocenters. The molecule has 0 amide bonds. The van der Waals surface area contributed by atoms with Crippen molar-refractivity contribution in [3.63, 3.8) is 0 Å². The van der Waals surface area contributed by atoms with Crippen molar-refractivity contribution < 1.29 is 13.5 Å². The van der Waals surface area contributed by atoms with Gasteiger partial charge in [0.2, 0.25) is 10.0 Å². The van der Waals surface area contributed by atoms with Gasteiger partial charge in [-0.1, -0.05) is 30.3 Å². The van der Waals surface area contributed by atoms with Crippen molar-refractivity contribution in [2.45, 2.75) is 69.1 Å². The third kappa shape index (κ3) is 5.26. The number of hydrogen-bond donors (Lipinski definition) is 3. The van der Waals surface area contributed by atoms with Crippen LogP contribution in [-0.2, 0) is 16.6 Å². The monoisotopic (exact) mass is 610 g/mol. The second-order valence-corrected chi connectivity index (χ2v) is 14.9. The predicted octanol–water partition coefficient (Wildman–Crippen LogP) is 5.27. The molecule has 5 aromatic rings. The highest BCUT2D eigenvalue weighted by Crippen LogP contribution is 2.35. The smallest absolute Gasteiger partial charge is 0.241 e. The maximum absolute atomic E-state index is 12.8. The van der Waals surface area contributed by atoms with E-state index in [4.69, 9.17) is 0 Å². The molecular weight excluding hydrogens is 572 g/mol. The fourth-order valence-corrected chi connectivity index (χ4v) is 7.93. The number of benzene rings is 3. The summed E-state index contributed by atoms with van der Waals surface area (Å²) in [5.41, 5.74) is 5.71. The molecule has 2 fully saturated rings. The van der Waals surface area contributed by atoms with E-state index in [0.29, 0.717) is 23.4 Å². The molecule has 2 aromatic heterocycles. The number of piperidine rings is 1. The number of nitrogens with one attached hydrogen (secondary N) is 2.